The van der Waals surface area contributed by atoms with Gasteiger partial charge in [0.2, 0.25) is 10.1 Å². The van der Waals surface area contributed by atoms with Crippen molar-refractivity contribution < 1.29 is 4.39 Å². The van der Waals surface area contributed by atoms with E-state index < -0.39 is 0 Å². The monoisotopic (exact) mass is 406 g/mol. The molecular weight excluding hydrogens is 395 g/mol. The summed E-state index contributed by atoms with van der Waals surface area (Å²) in [6.45, 7) is 1.95. The molecule has 3 heterocycles. The lowest BCUT2D eigenvalue weighted by Crippen LogP contribution is -2.14. The molecule has 0 aliphatic rings. The SMILES string of the molecule is CCc1cc(=O)n2nc(Sc3nnc(Nc4cccc(F)c4)s3)sc2n1. The fraction of sp³-hybridized carbons (Fsp3) is 0.133. The second-order valence-corrected chi connectivity index (χ2v) is 8.54. The zero-order chi connectivity index (χ0) is 18.1. The van der Waals surface area contributed by atoms with E-state index in [1.165, 1.54) is 57.1 Å². The molecule has 4 aromatic rings. The zero-order valence-electron chi connectivity index (χ0n) is 13.3. The van der Waals surface area contributed by atoms with Gasteiger partial charge in [-0.1, -0.05) is 35.7 Å². The number of anilines is 2. The van der Waals surface area contributed by atoms with Crippen molar-refractivity contribution in [1.29, 1.82) is 0 Å². The van der Waals surface area contributed by atoms with Crippen LogP contribution in [0.1, 0.15) is 12.6 Å². The van der Waals surface area contributed by atoms with Gasteiger partial charge in [-0.05, 0) is 36.4 Å². The number of hydrogen-bond donors (Lipinski definition) is 1. The summed E-state index contributed by atoms with van der Waals surface area (Å²) >= 11 is 3.95. The molecule has 1 aromatic carbocycles. The smallest absolute Gasteiger partial charge is 0.275 e. The van der Waals surface area contributed by atoms with Crippen molar-refractivity contribution in [2.75, 3.05) is 5.32 Å². The Balaban J connectivity index is 1.54. The molecule has 0 fully saturated rings. The number of aryl methyl sites for hydroxylation is 1. The standard InChI is InChI=1S/C15H11FN6OS3/c1-2-9-7-11(23)22-13(18-9)25-15(21-22)26-14-20-19-12(24-14)17-10-5-3-4-8(16)6-10/h3-7H,2H2,1H3,(H,17,19). The van der Waals surface area contributed by atoms with Crippen molar-refractivity contribution in [1.82, 2.24) is 24.8 Å². The quantitative estimate of drug-likeness (QED) is 0.542. The van der Waals surface area contributed by atoms with E-state index in [2.05, 4.69) is 25.6 Å². The average Bonchev–Trinajstić information content (AvgIpc) is 3.22. The molecule has 4 rings (SSSR count). The highest BCUT2D eigenvalue weighted by Crippen LogP contribution is 2.34. The molecule has 0 atom stereocenters. The van der Waals surface area contributed by atoms with Crippen molar-refractivity contribution in [3.63, 3.8) is 0 Å². The average molecular weight is 406 g/mol. The maximum absolute atomic E-state index is 13.2. The summed E-state index contributed by atoms with van der Waals surface area (Å²) in [5.41, 5.74) is 1.15. The van der Waals surface area contributed by atoms with Crippen LogP contribution in [0.4, 0.5) is 15.2 Å². The Hall–Kier alpha value is -2.37. The number of nitrogens with one attached hydrogen (secondary N) is 1. The van der Waals surface area contributed by atoms with E-state index in [9.17, 15) is 9.18 Å². The van der Waals surface area contributed by atoms with Crippen molar-refractivity contribution in [3.05, 3.63) is 52.2 Å². The van der Waals surface area contributed by atoms with Crippen LogP contribution < -0.4 is 10.9 Å². The number of nitrogens with zero attached hydrogens (tertiary/aromatic N) is 5. The Labute approximate surface area is 159 Å². The van der Waals surface area contributed by atoms with Crippen molar-refractivity contribution in [2.24, 2.45) is 0 Å². The van der Waals surface area contributed by atoms with Crippen LogP contribution in [0.15, 0.2) is 43.8 Å². The van der Waals surface area contributed by atoms with E-state index in [1.54, 1.807) is 12.1 Å². The van der Waals surface area contributed by atoms with Crippen LogP contribution in [-0.4, -0.2) is 24.8 Å². The van der Waals surface area contributed by atoms with Crippen LogP contribution in [-0.2, 0) is 6.42 Å². The Morgan fingerprint density at radius 3 is 2.92 bits per heavy atom. The molecule has 0 amide bonds. The van der Waals surface area contributed by atoms with Gasteiger partial charge in [0, 0.05) is 17.4 Å². The van der Waals surface area contributed by atoms with Gasteiger partial charge in [0.05, 0.1) is 0 Å². The van der Waals surface area contributed by atoms with Crippen LogP contribution in [0.5, 0.6) is 0 Å². The molecule has 11 heteroatoms. The van der Waals surface area contributed by atoms with Crippen LogP contribution in [0.25, 0.3) is 4.96 Å². The molecule has 0 unspecified atom stereocenters. The number of hydrogen-bond acceptors (Lipinski definition) is 9. The second-order valence-electron chi connectivity index (χ2n) is 5.11. The number of benzene rings is 1. The molecule has 132 valence electrons. The van der Waals surface area contributed by atoms with Gasteiger partial charge in [0.1, 0.15) is 5.82 Å². The zero-order valence-corrected chi connectivity index (χ0v) is 15.8. The number of rotatable bonds is 5. The lowest BCUT2D eigenvalue weighted by atomic mass is 10.3. The summed E-state index contributed by atoms with van der Waals surface area (Å²) in [6.07, 6.45) is 0.692. The van der Waals surface area contributed by atoms with E-state index in [1.807, 2.05) is 6.92 Å². The first-order valence-corrected chi connectivity index (χ1v) is 9.99. The summed E-state index contributed by atoms with van der Waals surface area (Å²) in [7, 11) is 0. The van der Waals surface area contributed by atoms with Gasteiger partial charge >= 0.3 is 0 Å². The summed E-state index contributed by atoms with van der Waals surface area (Å²) < 4.78 is 15.8. The third kappa shape index (κ3) is 3.59. The highest BCUT2D eigenvalue weighted by Gasteiger charge is 2.13. The molecule has 0 aliphatic carbocycles. The first-order chi connectivity index (χ1) is 12.6. The third-order valence-corrected chi connectivity index (χ3v) is 6.15. The topological polar surface area (TPSA) is 85.1 Å². The molecule has 0 spiro atoms. The number of halogens is 1. The van der Waals surface area contributed by atoms with Crippen molar-refractivity contribution in [2.45, 2.75) is 22.0 Å². The van der Waals surface area contributed by atoms with E-state index in [-0.39, 0.29) is 11.4 Å². The number of aromatic nitrogens is 5. The summed E-state index contributed by atoms with van der Waals surface area (Å²) in [4.78, 5) is 17.0. The Morgan fingerprint density at radius 1 is 1.23 bits per heavy atom. The van der Waals surface area contributed by atoms with Crippen LogP contribution in [0.2, 0.25) is 0 Å². The number of fused-ring (bicyclic) bond motifs is 1. The summed E-state index contributed by atoms with van der Waals surface area (Å²) in [6, 6.07) is 7.61. The van der Waals surface area contributed by atoms with E-state index in [0.717, 1.165) is 5.69 Å². The fourth-order valence-electron chi connectivity index (χ4n) is 2.13. The van der Waals surface area contributed by atoms with Crippen LogP contribution >= 0.6 is 34.4 Å². The molecular formula is C15H11FN6OS3. The lowest BCUT2D eigenvalue weighted by Gasteiger charge is -2.00. The van der Waals surface area contributed by atoms with E-state index in [0.29, 0.717) is 30.9 Å². The first-order valence-electron chi connectivity index (χ1n) is 7.54. The first kappa shape index (κ1) is 17.1. The minimum Gasteiger partial charge on any atom is -0.330 e. The molecule has 0 saturated carbocycles. The van der Waals surface area contributed by atoms with E-state index >= 15 is 0 Å². The van der Waals surface area contributed by atoms with Crippen molar-refractivity contribution >= 4 is 50.2 Å². The normalized spacial score (nSPS) is 11.2. The minimum atomic E-state index is -0.326. The highest BCUT2D eigenvalue weighted by molar-refractivity contribution is 8.02. The molecule has 7 nitrogen and oxygen atoms in total. The maximum atomic E-state index is 13.2. The Kier molecular flexibility index (Phi) is 4.66. The van der Waals surface area contributed by atoms with Gasteiger partial charge in [0.25, 0.3) is 5.56 Å². The fourth-order valence-corrected chi connectivity index (χ4v) is 5.06. The van der Waals surface area contributed by atoms with Gasteiger partial charge < -0.3 is 5.32 Å². The molecule has 26 heavy (non-hydrogen) atoms. The predicted octanol–water partition coefficient (Wildman–Crippen LogP) is 3.60. The molecule has 0 radical (unpaired) electrons. The lowest BCUT2D eigenvalue weighted by molar-refractivity contribution is 0.628. The van der Waals surface area contributed by atoms with Gasteiger partial charge in [-0.3, -0.25) is 4.79 Å². The predicted molar refractivity (Wildman–Crippen MR) is 100 cm³/mol. The van der Waals surface area contributed by atoms with Crippen LogP contribution in [0, 0.1) is 5.82 Å². The van der Waals surface area contributed by atoms with Crippen molar-refractivity contribution in [3.8, 4) is 0 Å². The Morgan fingerprint density at radius 2 is 2.12 bits per heavy atom. The Bertz CT molecular complexity index is 1140. The molecule has 0 aliphatic heterocycles. The molecule has 0 saturated heterocycles. The third-order valence-electron chi connectivity index (χ3n) is 3.30. The second kappa shape index (κ2) is 7.09. The summed E-state index contributed by atoms with van der Waals surface area (Å²) in [5.74, 6) is -0.326. The molecule has 3 aromatic heterocycles. The van der Waals surface area contributed by atoms with Gasteiger partial charge in [-0.25, -0.2) is 9.37 Å². The minimum absolute atomic E-state index is 0.194. The van der Waals surface area contributed by atoms with Gasteiger partial charge in [-0.15, -0.1) is 15.3 Å². The van der Waals surface area contributed by atoms with Gasteiger partial charge in [0.15, 0.2) is 8.68 Å². The highest BCUT2D eigenvalue weighted by atomic mass is 32.2. The summed E-state index contributed by atoms with van der Waals surface area (Å²) in [5, 5.41) is 16.0. The van der Waals surface area contributed by atoms with Gasteiger partial charge in [-0.2, -0.15) is 4.52 Å². The molecule has 0 bridgehead atoms. The van der Waals surface area contributed by atoms with Crippen LogP contribution in [0.3, 0.4) is 0 Å². The van der Waals surface area contributed by atoms with E-state index in [4.69, 9.17) is 0 Å². The maximum Gasteiger partial charge on any atom is 0.275 e. The molecule has 1 N–H and O–H groups in total. The largest absolute Gasteiger partial charge is 0.330 e.